The molecule has 20 heavy (non-hydrogen) atoms. The van der Waals surface area contributed by atoms with Gasteiger partial charge < -0.3 is 4.74 Å². The summed E-state index contributed by atoms with van der Waals surface area (Å²) in [5.41, 5.74) is -0.554. The third-order valence-electron chi connectivity index (χ3n) is 3.40. The van der Waals surface area contributed by atoms with Gasteiger partial charge in [-0.1, -0.05) is 20.3 Å². The fourth-order valence-electron chi connectivity index (χ4n) is 2.09. The van der Waals surface area contributed by atoms with E-state index in [1.807, 2.05) is 25.6 Å². The van der Waals surface area contributed by atoms with Gasteiger partial charge in [0, 0.05) is 6.04 Å². The molecule has 120 valence electrons. The summed E-state index contributed by atoms with van der Waals surface area (Å²) in [6, 6.07) is 0.275. The number of carbonyl (C=O) groups excluding carboxylic acids is 1. The van der Waals surface area contributed by atoms with Crippen molar-refractivity contribution >= 4 is 17.7 Å². The van der Waals surface area contributed by atoms with Crippen molar-refractivity contribution in [2.45, 2.75) is 72.4 Å². The van der Waals surface area contributed by atoms with Crippen LogP contribution in [0.2, 0.25) is 0 Å². The molecule has 4 heteroatoms. The van der Waals surface area contributed by atoms with Crippen LogP contribution in [0.1, 0.15) is 60.8 Å². The Morgan fingerprint density at radius 1 is 1.30 bits per heavy atom. The highest BCUT2D eigenvalue weighted by molar-refractivity contribution is 7.99. The maximum Gasteiger partial charge on any atom is 0.326 e. The van der Waals surface area contributed by atoms with E-state index in [0.717, 1.165) is 24.5 Å². The zero-order valence-corrected chi connectivity index (χ0v) is 14.9. The van der Waals surface area contributed by atoms with Crippen molar-refractivity contribution in [2.75, 3.05) is 18.1 Å². The average Bonchev–Trinajstić information content (AvgIpc) is 2.37. The Morgan fingerprint density at radius 3 is 2.45 bits per heavy atom. The average molecular weight is 304 g/mol. The number of thioether (sulfide) groups is 1. The molecule has 0 bridgehead atoms. The second kappa shape index (κ2) is 10.5. The lowest BCUT2D eigenvalue weighted by Crippen LogP contribution is -2.53. The molecule has 0 spiro atoms. The van der Waals surface area contributed by atoms with Crippen LogP contribution in [0.25, 0.3) is 0 Å². The van der Waals surface area contributed by atoms with Gasteiger partial charge in [-0.15, -0.1) is 0 Å². The summed E-state index contributed by atoms with van der Waals surface area (Å²) in [6.07, 6.45) is 3.11. The van der Waals surface area contributed by atoms with Crippen LogP contribution in [0.5, 0.6) is 0 Å². The van der Waals surface area contributed by atoms with Gasteiger partial charge in [0.1, 0.15) is 5.54 Å². The molecule has 0 rings (SSSR count). The fraction of sp³-hybridized carbons (Fsp3) is 0.938. The molecule has 0 fully saturated rings. The predicted octanol–water partition coefficient (Wildman–Crippen LogP) is 3.87. The van der Waals surface area contributed by atoms with E-state index in [1.54, 1.807) is 0 Å². The Kier molecular flexibility index (Phi) is 10.4. The predicted molar refractivity (Wildman–Crippen MR) is 89.3 cm³/mol. The van der Waals surface area contributed by atoms with Gasteiger partial charge in [-0.05, 0) is 58.0 Å². The highest BCUT2D eigenvalue weighted by Crippen LogP contribution is 2.19. The minimum absolute atomic E-state index is 0.124. The summed E-state index contributed by atoms with van der Waals surface area (Å²) >= 11 is 1.99. The van der Waals surface area contributed by atoms with E-state index in [2.05, 4.69) is 33.0 Å². The van der Waals surface area contributed by atoms with Crippen molar-refractivity contribution in [1.82, 2.24) is 5.32 Å². The molecule has 0 radical (unpaired) electrons. The molecule has 1 N–H and O–H groups in total. The van der Waals surface area contributed by atoms with Crippen LogP contribution < -0.4 is 5.32 Å². The molecule has 3 nitrogen and oxygen atoms in total. The van der Waals surface area contributed by atoms with Gasteiger partial charge in [0.15, 0.2) is 0 Å². The van der Waals surface area contributed by atoms with Crippen molar-refractivity contribution in [3.8, 4) is 0 Å². The number of carbonyl (C=O) groups is 1. The Hall–Kier alpha value is -0.220. The van der Waals surface area contributed by atoms with Crippen molar-refractivity contribution in [1.29, 1.82) is 0 Å². The molecule has 0 aliphatic carbocycles. The Balaban J connectivity index is 4.20. The largest absolute Gasteiger partial charge is 0.465 e. The van der Waals surface area contributed by atoms with E-state index in [0.29, 0.717) is 6.61 Å². The summed E-state index contributed by atoms with van der Waals surface area (Å²) in [5.74, 6) is 2.98. The summed E-state index contributed by atoms with van der Waals surface area (Å²) in [4.78, 5) is 12.1. The maximum absolute atomic E-state index is 12.1. The van der Waals surface area contributed by atoms with Gasteiger partial charge in [-0.3, -0.25) is 10.1 Å². The lowest BCUT2D eigenvalue weighted by molar-refractivity contribution is -0.151. The zero-order chi connectivity index (χ0) is 15.6. The highest BCUT2D eigenvalue weighted by atomic mass is 32.2. The van der Waals surface area contributed by atoms with E-state index < -0.39 is 5.54 Å². The molecule has 0 amide bonds. The molecule has 0 heterocycles. The summed E-state index contributed by atoms with van der Waals surface area (Å²) in [6.45, 7) is 12.9. The monoisotopic (exact) mass is 303 g/mol. The van der Waals surface area contributed by atoms with Crippen LogP contribution in [0.3, 0.4) is 0 Å². The summed E-state index contributed by atoms with van der Waals surface area (Å²) < 4.78 is 5.21. The van der Waals surface area contributed by atoms with Crippen LogP contribution in [0.4, 0.5) is 0 Å². The number of hydrogen-bond donors (Lipinski definition) is 1. The number of hydrogen-bond acceptors (Lipinski definition) is 4. The Morgan fingerprint density at radius 2 is 1.95 bits per heavy atom. The van der Waals surface area contributed by atoms with Gasteiger partial charge in [0.05, 0.1) is 6.61 Å². The van der Waals surface area contributed by atoms with E-state index >= 15 is 0 Å². The molecule has 0 saturated heterocycles. The van der Waals surface area contributed by atoms with Crippen LogP contribution >= 0.6 is 11.8 Å². The van der Waals surface area contributed by atoms with E-state index in [4.69, 9.17) is 4.74 Å². The second-order valence-electron chi connectivity index (χ2n) is 6.04. The first-order chi connectivity index (χ1) is 9.35. The molecular weight excluding hydrogens is 270 g/mol. The molecule has 0 aliphatic heterocycles. The van der Waals surface area contributed by atoms with Gasteiger partial charge in [0.2, 0.25) is 0 Å². The Labute approximate surface area is 129 Å². The molecule has 0 aromatic rings. The van der Waals surface area contributed by atoms with E-state index in [9.17, 15) is 4.79 Å². The minimum atomic E-state index is -0.554. The lowest BCUT2D eigenvalue weighted by atomic mass is 9.95. The van der Waals surface area contributed by atoms with Gasteiger partial charge in [-0.2, -0.15) is 11.8 Å². The number of esters is 1. The Bertz CT molecular complexity index is 271. The molecule has 0 aromatic carbocycles. The van der Waals surface area contributed by atoms with Crippen LogP contribution in [-0.2, 0) is 9.53 Å². The van der Waals surface area contributed by atoms with Gasteiger partial charge in [-0.25, -0.2) is 0 Å². The van der Waals surface area contributed by atoms with Crippen LogP contribution in [0, 0.1) is 5.92 Å². The van der Waals surface area contributed by atoms with Crippen LogP contribution in [-0.4, -0.2) is 35.7 Å². The fourth-order valence-corrected chi connectivity index (χ4v) is 3.24. The molecule has 0 saturated carbocycles. The second-order valence-corrected chi connectivity index (χ2v) is 7.19. The van der Waals surface area contributed by atoms with Crippen molar-refractivity contribution in [2.24, 2.45) is 5.92 Å². The molecule has 0 aromatic heterocycles. The third-order valence-corrected chi connectivity index (χ3v) is 4.78. The van der Waals surface area contributed by atoms with Crippen molar-refractivity contribution in [3.05, 3.63) is 0 Å². The lowest BCUT2D eigenvalue weighted by Gasteiger charge is -2.30. The van der Waals surface area contributed by atoms with E-state index in [1.165, 1.54) is 12.2 Å². The summed E-state index contributed by atoms with van der Waals surface area (Å²) in [5, 5.41) is 3.37. The van der Waals surface area contributed by atoms with Crippen molar-refractivity contribution < 1.29 is 9.53 Å². The maximum atomic E-state index is 12.1. The van der Waals surface area contributed by atoms with E-state index in [-0.39, 0.29) is 12.0 Å². The topological polar surface area (TPSA) is 38.3 Å². The third kappa shape index (κ3) is 8.15. The quantitative estimate of drug-likeness (QED) is 0.464. The first-order valence-corrected chi connectivity index (χ1v) is 9.03. The molecule has 2 atom stereocenters. The highest BCUT2D eigenvalue weighted by Gasteiger charge is 2.34. The van der Waals surface area contributed by atoms with Crippen molar-refractivity contribution in [3.63, 3.8) is 0 Å². The zero-order valence-electron chi connectivity index (χ0n) is 14.1. The van der Waals surface area contributed by atoms with Gasteiger partial charge in [0.25, 0.3) is 0 Å². The summed E-state index contributed by atoms with van der Waals surface area (Å²) in [7, 11) is 0. The minimum Gasteiger partial charge on any atom is -0.465 e. The molecular formula is C16H33NO2S. The van der Waals surface area contributed by atoms with Crippen LogP contribution in [0.15, 0.2) is 0 Å². The number of nitrogens with one attached hydrogen (secondary N) is 1. The number of ether oxygens (including phenoxy) is 1. The molecule has 2 unspecified atom stereocenters. The standard InChI is InChI=1S/C16H33NO2S/c1-7-14(5)12-20-11-9-10-16(6,17-13(3)4)15(18)19-8-2/h13-14,17H,7-12H2,1-6H3. The smallest absolute Gasteiger partial charge is 0.326 e. The van der Waals surface area contributed by atoms with Gasteiger partial charge >= 0.3 is 5.97 Å². The first kappa shape index (κ1) is 19.8. The SMILES string of the molecule is CCOC(=O)C(C)(CCCSCC(C)CC)NC(C)C. The number of rotatable bonds is 11. The first-order valence-electron chi connectivity index (χ1n) is 7.88. The normalized spacial score (nSPS) is 15.9. The molecule has 0 aliphatic rings.